The van der Waals surface area contributed by atoms with Crippen molar-refractivity contribution < 1.29 is 23.7 Å². The highest BCUT2D eigenvalue weighted by Crippen LogP contribution is 2.10. The van der Waals surface area contributed by atoms with Crippen LogP contribution in [-0.2, 0) is 23.7 Å². The van der Waals surface area contributed by atoms with Crippen LogP contribution in [0.4, 0.5) is 0 Å². The topological polar surface area (TPSA) is 54.0 Å². The van der Waals surface area contributed by atoms with Gasteiger partial charge in [0.1, 0.15) is 0 Å². The lowest BCUT2D eigenvalue weighted by molar-refractivity contribution is -0.144. The third-order valence-electron chi connectivity index (χ3n) is 5.57. The van der Waals surface area contributed by atoms with Gasteiger partial charge in [0.15, 0.2) is 0 Å². The van der Waals surface area contributed by atoms with E-state index in [9.17, 15) is 4.79 Å². The van der Waals surface area contributed by atoms with Crippen molar-refractivity contribution in [1.29, 1.82) is 0 Å². The molecule has 0 aliphatic carbocycles. The third kappa shape index (κ3) is 27.4. The van der Waals surface area contributed by atoms with Crippen molar-refractivity contribution in [2.75, 3.05) is 46.2 Å². The molecule has 32 heavy (non-hydrogen) atoms. The third-order valence-corrected chi connectivity index (χ3v) is 5.57. The Morgan fingerprint density at radius 2 is 0.812 bits per heavy atom. The maximum Gasteiger partial charge on any atom is 0.305 e. The fraction of sp³-hybridized carbons (Fsp3) is 0.963. The summed E-state index contributed by atoms with van der Waals surface area (Å²) in [7, 11) is 0. The van der Waals surface area contributed by atoms with Gasteiger partial charge in [-0.15, -0.1) is 0 Å². The van der Waals surface area contributed by atoms with Crippen molar-refractivity contribution in [3.63, 3.8) is 0 Å². The van der Waals surface area contributed by atoms with E-state index in [0.29, 0.717) is 52.5 Å². The first-order valence-electron chi connectivity index (χ1n) is 13.7. The molecule has 0 fully saturated rings. The minimum atomic E-state index is -0.104. The summed E-state index contributed by atoms with van der Waals surface area (Å²) in [6, 6.07) is 0. The van der Waals surface area contributed by atoms with Crippen molar-refractivity contribution in [2.24, 2.45) is 0 Å². The SMILES string of the molecule is CCCCCCCCCCCCOC(=O)CCCOCCOCCOCCCCCCC. The van der Waals surface area contributed by atoms with Gasteiger partial charge in [0.25, 0.3) is 0 Å². The van der Waals surface area contributed by atoms with E-state index in [4.69, 9.17) is 18.9 Å². The van der Waals surface area contributed by atoms with Crippen LogP contribution < -0.4 is 0 Å². The summed E-state index contributed by atoms with van der Waals surface area (Å²) >= 11 is 0. The quantitative estimate of drug-likeness (QED) is 0.0958. The molecule has 0 heterocycles. The van der Waals surface area contributed by atoms with Crippen molar-refractivity contribution in [3.8, 4) is 0 Å². The molecule has 0 aliphatic rings. The minimum absolute atomic E-state index is 0.104. The highest BCUT2D eigenvalue weighted by atomic mass is 16.5. The highest BCUT2D eigenvalue weighted by molar-refractivity contribution is 5.69. The Morgan fingerprint density at radius 3 is 1.31 bits per heavy atom. The van der Waals surface area contributed by atoms with Crippen LogP contribution in [0.15, 0.2) is 0 Å². The average Bonchev–Trinajstić information content (AvgIpc) is 2.80. The van der Waals surface area contributed by atoms with E-state index in [1.807, 2.05) is 0 Å². The molecule has 0 saturated heterocycles. The van der Waals surface area contributed by atoms with E-state index in [0.717, 1.165) is 25.9 Å². The maximum atomic E-state index is 11.7. The standard InChI is InChI=1S/C27H54O5/c1-3-5-7-9-10-11-12-13-15-17-22-32-27(28)19-18-21-30-24-26-31-25-23-29-20-16-14-8-6-4-2/h3-26H2,1-2H3. The maximum absolute atomic E-state index is 11.7. The molecule has 0 unspecified atom stereocenters. The van der Waals surface area contributed by atoms with Crippen LogP contribution in [-0.4, -0.2) is 52.2 Å². The zero-order chi connectivity index (χ0) is 23.4. The van der Waals surface area contributed by atoms with Gasteiger partial charge in [-0.3, -0.25) is 4.79 Å². The lowest BCUT2D eigenvalue weighted by Crippen LogP contribution is -2.11. The predicted octanol–water partition coefficient (Wildman–Crippen LogP) is 7.25. The van der Waals surface area contributed by atoms with Crippen LogP contribution in [0.25, 0.3) is 0 Å². The zero-order valence-corrected chi connectivity index (χ0v) is 21.5. The normalized spacial score (nSPS) is 11.2. The van der Waals surface area contributed by atoms with Crippen molar-refractivity contribution in [2.45, 2.75) is 123 Å². The molecule has 0 N–H and O–H groups in total. The molecule has 0 aromatic rings. The average molecular weight is 459 g/mol. The predicted molar refractivity (Wildman–Crippen MR) is 133 cm³/mol. The number of carbonyl (C=O) groups is 1. The number of carbonyl (C=O) groups excluding carboxylic acids is 1. The number of esters is 1. The van der Waals surface area contributed by atoms with Crippen molar-refractivity contribution in [1.82, 2.24) is 0 Å². The molecule has 5 nitrogen and oxygen atoms in total. The lowest BCUT2D eigenvalue weighted by Gasteiger charge is -2.07. The first-order chi connectivity index (χ1) is 15.8. The number of rotatable bonds is 27. The molecule has 0 spiro atoms. The molecule has 0 amide bonds. The monoisotopic (exact) mass is 458 g/mol. The molecule has 0 atom stereocenters. The smallest absolute Gasteiger partial charge is 0.305 e. The van der Waals surface area contributed by atoms with Gasteiger partial charge in [-0.1, -0.05) is 97.3 Å². The molecule has 0 aromatic heterocycles. The zero-order valence-electron chi connectivity index (χ0n) is 21.5. The van der Waals surface area contributed by atoms with Gasteiger partial charge in [-0.25, -0.2) is 0 Å². The molecule has 0 bridgehead atoms. The second-order valence-electron chi connectivity index (χ2n) is 8.76. The fourth-order valence-corrected chi connectivity index (χ4v) is 3.52. The molecule has 0 rings (SSSR count). The molecule has 0 radical (unpaired) electrons. The van der Waals surface area contributed by atoms with Crippen molar-refractivity contribution in [3.05, 3.63) is 0 Å². The molecule has 0 aliphatic heterocycles. The number of unbranched alkanes of at least 4 members (excludes halogenated alkanes) is 13. The number of hydrogen-bond acceptors (Lipinski definition) is 5. The van der Waals surface area contributed by atoms with Crippen LogP contribution in [0.5, 0.6) is 0 Å². The van der Waals surface area contributed by atoms with Crippen LogP contribution >= 0.6 is 0 Å². The second-order valence-corrected chi connectivity index (χ2v) is 8.76. The number of ether oxygens (including phenoxy) is 4. The highest BCUT2D eigenvalue weighted by Gasteiger charge is 2.02. The number of hydrogen-bond donors (Lipinski definition) is 0. The first-order valence-corrected chi connectivity index (χ1v) is 13.7. The van der Waals surface area contributed by atoms with Gasteiger partial charge < -0.3 is 18.9 Å². The Bertz CT molecular complexity index is 362. The van der Waals surface area contributed by atoms with E-state index in [1.165, 1.54) is 77.0 Å². The summed E-state index contributed by atoms with van der Waals surface area (Å²) in [6.07, 6.45) is 20.4. The Balaban J connectivity index is 3.13. The van der Waals surface area contributed by atoms with Gasteiger partial charge in [-0.2, -0.15) is 0 Å². The Hall–Kier alpha value is -0.650. The minimum Gasteiger partial charge on any atom is -0.466 e. The van der Waals surface area contributed by atoms with E-state index < -0.39 is 0 Å². The van der Waals surface area contributed by atoms with Crippen molar-refractivity contribution >= 4 is 5.97 Å². The summed E-state index contributed by atoms with van der Waals surface area (Å²) in [5, 5.41) is 0. The van der Waals surface area contributed by atoms with Gasteiger partial charge >= 0.3 is 5.97 Å². The first kappa shape index (κ1) is 31.4. The summed E-state index contributed by atoms with van der Waals surface area (Å²) in [5.74, 6) is -0.104. The van der Waals surface area contributed by atoms with Crippen LogP contribution in [0.2, 0.25) is 0 Å². The molecular formula is C27H54O5. The van der Waals surface area contributed by atoms with Crippen LogP contribution in [0.1, 0.15) is 123 Å². The van der Waals surface area contributed by atoms with Gasteiger partial charge in [-0.05, 0) is 19.3 Å². The summed E-state index contributed by atoms with van der Waals surface area (Å²) in [5.41, 5.74) is 0. The molecule has 0 saturated carbocycles. The van der Waals surface area contributed by atoms with Gasteiger partial charge in [0.2, 0.25) is 0 Å². The van der Waals surface area contributed by atoms with E-state index in [-0.39, 0.29) is 5.97 Å². The lowest BCUT2D eigenvalue weighted by atomic mass is 10.1. The van der Waals surface area contributed by atoms with Crippen LogP contribution in [0.3, 0.4) is 0 Å². The van der Waals surface area contributed by atoms with Crippen LogP contribution in [0, 0.1) is 0 Å². The molecule has 0 aromatic carbocycles. The Labute approximate surface area is 199 Å². The van der Waals surface area contributed by atoms with E-state index in [2.05, 4.69) is 13.8 Å². The molecule has 192 valence electrons. The van der Waals surface area contributed by atoms with E-state index >= 15 is 0 Å². The second kappa shape index (κ2) is 28.4. The molecular weight excluding hydrogens is 404 g/mol. The Morgan fingerprint density at radius 1 is 0.438 bits per heavy atom. The van der Waals surface area contributed by atoms with Gasteiger partial charge in [0.05, 0.1) is 33.0 Å². The summed E-state index contributed by atoms with van der Waals surface area (Å²) in [4.78, 5) is 11.7. The summed E-state index contributed by atoms with van der Waals surface area (Å²) < 4.78 is 21.8. The molecule has 5 heteroatoms. The summed E-state index contributed by atoms with van der Waals surface area (Å²) in [6.45, 7) is 8.85. The Kier molecular flexibility index (Phi) is 27.8. The largest absolute Gasteiger partial charge is 0.466 e. The van der Waals surface area contributed by atoms with E-state index in [1.54, 1.807) is 0 Å². The fourth-order valence-electron chi connectivity index (χ4n) is 3.52. The van der Waals surface area contributed by atoms with Gasteiger partial charge in [0, 0.05) is 19.6 Å².